The van der Waals surface area contributed by atoms with Gasteiger partial charge in [0.2, 0.25) is 5.91 Å². The van der Waals surface area contributed by atoms with Crippen molar-refractivity contribution in [3.05, 3.63) is 97.2 Å². The van der Waals surface area contributed by atoms with Gasteiger partial charge in [0.15, 0.2) is 0 Å². The Morgan fingerprint density at radius 3 is 1.57 bits per heavy atom. The van der Waals surface area contributed by atoms with Crippen LogP contribution in [0.5, 0.6) is 0 Å². The van der Waals surface area contributed by atoms with E-state index in [-0.39, 0.29) is 38.5 Å². The summed E-state index contributed by atoms with van der Waals surface area (Å²) < 4.78 is 26.8. The second kappa shape index (κ2) is 41.6. The van der Waals surface area contributed by atoms with Crippen molar-refractivity contribution in [1.29, 1.82) is 0 Å². The third-order valence-corrected chi connectivity index (χ3v) is 9.26. The normalized spacial score (nSPS) is 14.3. The third kappa shape index (κ3) is 42.1. The SMILES string of the molecule is CC/C=C\C/C=C\C/C=C\C/C=C\C/C=C\C/C=C\C/C=C\CC(=O)NCCOP(=O)(O)OCC(O)COC(=O)CCCCCCC/C=C\CCCCCCC. The van der Waals surface area contributed by atoms with Gasteiger partial charge >= 0.3 is 13.8 Å². The standard InChI is InChI=1S/C46H76NO8P/c1-3-5-7-9-11-13-15-17-19-20-21-22-23-24-25-26-28-30-32-34-36-38-45(49)47-40-41-54-56(51,52)55-43-44(48)42-53-46(50)39-37-35-33-31-29-27-18-16-14-12-10-8-6-4-2/h5,7,11,13,16-19,21-22,24-25,28,30,34,36,44,48H,3-4,6,8-10,12,14-15,20,23,26-27,29,31-33,35,37-43H2,1-2H3,(H,47,49)(H,51,52)/b7-5-,13-11-,18-16-,19-17-,22-21-,25-24-,30-28-,36-34-. The molecule has 0 aliphatic heterocycles. The first-order chi connectivity index (χ1) is 27.3. The summed E-state index contributed by atoms with van der Waals surface area (Å²) in [5.74, 6) is -0.668. The van der Waals surface area contributed by atoms with Crippen LogP contribution in [0.3, 0.4) is 0 Å². The molecule has 0 spiro atoms. The molecule has 56 heavy (non-hydrogen) atoms. The first-order valence-corrected chi connectivity index (χ1v) is 22.7. The van der Waals surface area contributed by atoms with Crippen molar-refractivity contribution in [3.8, 4) is 0 Å². The van der Waals surface area contributed by atoms with Crippen molar-refractivity contribution < 1.29 is 37.9 Å². The molecular formula is C46H76NO8P. The summed E-state index contributed by atoms with van der Waals surface area (Å²) >= 11 is 0. The molecule has 0 saturated heterocycles. The summed E-state index contributed by atoms with van der Waals surface area (Å²) in [5.41, 5.74) is 0. The lowest BCUT2D eigenvalue weighted by Gasteiger charge is -2.15. The first kappa shape index (κ1) is 52.9. The van der Waals surface area contributed by atoms with E-state index in [9.17, 15) is 24.2 Å². The van der Waals surface area contributed by atoms with Crippen LogP contribution in [-0.2, 0) is 27.9 Å². The molecule has 0 aromatic carbocycles. The Hall–Kier alpha value is -3.07. The largest absolute Gasteiger partial charge is 0.472 e. The molecule has 0 bridgehead atoms. The number of esters is 1. The van der Waals surface area contributed by atoms with E-state index in [4.69, 9.17) is 13.8 Å². The number of hydrogen-bond donors (Lipinski definition) is 3. The van der Waals surface area contributed by atoms with Crippen LogP contribution in [0.1, 0.15) is 149 Å². The fourth-order valence-corrected chi connectivity index (χ4v) is 5.85. The van der Waals surface area contributed by atoms with E-state index < -0.39 is 26.5 Å². The maximum absolute atomic E-state index is 12.1. The maximum atomic E-state index is 12.1. The fourth-order valence-electron chi connectivity index (χ4n) is 5.10. The second-order valence-corrected chi connectivity index (χ2v) is 15.0. The number of aliphatic hydroxyl groups excluding tert-OH is 1. The van der Waals surface area contributed by atoms with E-state index in [2.05, 4.69) is 98.2 Å². The predicted octanol–water partition coefficient (Wildman–Crippen LogP) is 11.8. The topological polar surface area (TPSA) is 131 Å². The van der Waals surface area contributed by atoms with Crippen LogP contribution in [0.25, 0.3) is 0 Å². The van der Waals surface area contributed by atoms with Crippen molar-refractivity contribution in [1.82, 2.24) is 5.32 Å². The minimum Gasteiger partial charge on any atom is -0.463 e. The molecule has 0 radical (unpaired) electrons. The highest BCUT2D eigenvalue weighted by Crippen LogP contribution is 2.42. The van der Waals surface area contributed by atoms with Gasteiger partial charge in [-0.1, -0.05) is 156 Å². The molecule has 0 saturated carbocycles. The third-order valence-electron chi connectivity index (χ3n) is 8.28. The van der Waals surface area contributed by atoms with E-state index >= 15 is 0 Å². The van der Waals surface area contributed by atoms with Crippen LogP contribution >= 0.6 is 7.82 Å². The van der Waals surface area contributed by atoms with E-state index in [0.717, 1.165) is 83.5 Å². The number of ether oxygens (including phenoxy) is 1. The van der Waals surface area contributed by atoms with Gasteiger partial charge in [0.25, 0.3) is 0 Å². The molecule has 3 N–H and O–H groups in total. The van der Waals surface area contributed by atoms with Gasteiger partial charge in [-0.25, -0.2) is 4.57 Å². The monoisotopic (exact) mass is 802 g/mol. The Bertz CT molecular complexity index is 1230. The Labute approximate surface area is 340 Å². The van der Waals surface area contributed by atoms with Gasteiger partial charge in [0.05, 0.1) is 13.2 Å². The molecule has 2 unspecified atom stereocenters. The van der Waals surface area contributed by atoms with Crippen LogP contribution in [0.2, 0.25) is 0 Å². The number of phosphoric ester groups is 1. The van der Waals surface area contributed by atoms with Crippen LogP contribution in [0.15, 0.2) is 97.2 Å². The zero-order chi connectivity index (χ0) is 41.1. The predicted molar refractivity (Wildman–Crippen MR) is 233 cm³/mol. The Morgan fingerprint density at radius 1 is 0.589 bits per heavy atom. The summed E-state index contributed by atoms with van der Waals surface area (Å²) in [6, 6.07) is 0. The first-order valence-electron chi connectivity index (χ1n) is 21.2. The van der Waals surface area contributed by atoms with Gasteiger partial charge in [-0.05, 0) is 77.0 Å². The Balaban J connectivity index is 3.78. The van der Waals surface area contributed by atoms with Crippen LogP contribution in [-0.4, -0.2) is 54.3 Å². The molecule has 1 amide bonds. The lowest BCUT2D eigenvalue weighted by Crippen LogP contribution is -2.26. The molecule has 0 heterocycles. The highest BCUT2D eigenvalue weighted by molar-refractivity contribution is 7.47. The number of allylic oxidation sites excluding steroid dienone is 15. The van der Waals surface area contributed by atoms with Crippen LogP contribution in [0, 0.1) is 0 Å². The lowest BCUT2D eigenvalue weighted by atomic mass is 10.1. The zero-order valence-corrected chi connectivity index (χ0v) is 35.7. The summed E-state index contributed by atoms with van der Waals surface area (Å²) in [4.78, 5) is 33.8. The fraction of sp³-hybridized carbons (Fsp3) is 0.609. The van der Waals surface area contributed by atoms with E-state index in [1.807, 2.05) is 12.2 Å². The summed E-state index contributed by atoms with van der Waals surface area (Å²) in [5, 5.41) is 12.6. The quantitative estimate of drug-likeness (QED) is 0.0243. The molecule has 2 atom stereocenters. The molecule has 9 nitrogen and oxygen atoms in total. The van der Waals surface area contributed by atoms with Crippen molar-refractivity contribution in [2.75, 3.05) is 26.4 Å². The van der Waals surface area contributed by atoms with Crippen molar-refractivity contribution in [3.63, 3.8) is 0 Å². The minimum absolute atomic E-state index is 0.0181. The number of carbonyl (C=O) groups excluding carboxylic acids is 2. The average Bonchev–Trinajstić information content (AvgIpc) is 3.18. The molecule has 0 fully saturated rings. The van der Waals surface area contributed by atoms with Gasteiger partial charge < -0.3 is 20.1 Å². The van der Waals surface area contributed by atoms with E-state index in [0.29, 0.717) is 0 Å². The molecule has 0 aromatic heterocycles. The number of nitrogens with one attached hydrogen (secondary N) is 1. The zero-order valence-electron chi connectivity index (χ0n) is 34.8. The van der Waals surface area contributed by atoms with Gasteiger partial charge in [0.1, 0.15) is 12.7 Å². The van der Waals surface area contributed by atoms with E-state index in [1.165, 1.54) is 38.5 Å². The second-order valence-electron chi connectivity index (χ2n) is 13.6. The summed E-state index contributed by atoms with van der Waals surface area (Å²) in [7, 11) is -4.45. The van der Waals surface area contributed by atoms with Gasteiger partial charge in [-0.2, -0.15) is 0 Å². The lowest BCUT2D eigenvalue weighted by molar-refractivity contribution is -0.147. The number of aliphatic hydroxyl groups is 1. The number of carbonyl (C=O) groups is 2. The minimum atomic E-state index is -4.45. The molecule has 0 aliphatic rings. The van der Waals surface area contributed by atoms with Crippen molar-refractivity contribution >= 4 is 19.7 Å². The average molecular weight is 802 g/mol. The Kier molecular flexibility index (Phi) is 39.3. The van der Waals surface area contributed by atoms with Gasteiger partial charge in [0, 0.05) is 19.4 Å². The van der Waals surface area contributed by atoms with Crippen molar-refractivity contribution in [2.24, 2.45) is 0 Å². The van der Waals surface area contributed by atoms with Crippen molar-refractivity contribution in [2.45, 2.75) is 155 Å². The van der Waals surface area contributed by atoms with E-state index in [1.54, 1.807) is 6.08 Å². The molecule has 10 heteroatoms. The maximum Gasteiger partial charge on any atom is 0.472 e. The van der Waals surface area contributed by atoms with Crippen LogP contribution < -0.4 is 5.32 Å². The number of phosphoric acid groups is 1. The van der Waals surface area contributed by atoms with Crippen LogP contribution in [0.4, 0.5) is 0 Å². The molecule has 0 aromatic rings. The number of amides is 1. The highest BCUT2D eigenvalue weighted by Gasteiger charge is 2.23. The smallest absolute Gasteiger partial charge is 0.463 e. The van der Waals surface area contributed by atoms with Gasteiger partial charge in [-0.15, -0.1) is 0 Å². The molecule has 0 rings (SSSR count). The number of hydrogen-bond acceptors (Lipinski definition) is 7. The molecule has 0 aliphatic carbocycles. The number of rotatable bonds is 38. The molecular weight excluding hydrogens is 725 g/mol. The van der Waals surface area contributed by atoms with Gasteiger partial charge in [-0.3, -0.25) is 18.6 Å². The molecule has 318 valence electrons. The Morgan fingerprint density at radius 2 is 1.05 bits per heavy atom. The summed E-state index contributed by atoms with van der Waals surface area (Å²) in [6.45, 7) is 3.27. The number of unbranched alkanes of at least 4 members (excludes halogenated alkanes) is 10. The highest BCUT2D eigenvalue weighted by atomic mass is 31.2. The summed E-state index contributed by atoms with van der Waals surface area (Å²) in [6.07, 6.45) is 53.6.